The Balaban J connectivity index is 0.00000162. The Morgan fingerprint density at radius 2 is 1.83 bits per heavy atom. The normalized spacial score (nSPS) is 23.4. The predicted octanol–water partition coefficient (Wildman–Crippen LogP) is 3.08. The van der Waals surface area contributed by atoms with Crippen LogP contribution in [-0.4, -0.2) is 26.1 Å². The van der Waals surface area contributed by atoms with E-state index in [0.29, 0.717) is 17.7 Å². The summed E-state index contributed by atoms with van der Waals surface area (Å²) in [6.45, 7) is 0. The molecule has 102 valence electrons. The summed E-state index contributed by atoms with van der Waals surface area (Å²) in [7, 11) is -1.40. The van der Waals surface area contributed by atoms with Crippen LogP contribution in [0.3, 0.4) is 0 Å². The number of alkyl halides is 1. The van der Waals surface area contributed by atoms with Gasteiger partial charge in [-0.1, -0.05) is 0 Å². The summed E-state index contributed by atoms with van der Waals surface area (Å²) in [4.78, 5) is 0.396. The second-order valence-corrected chi connectivity index (χ2v) is 7.20. The highest BCUT2D eigenvalue weighted by Crippen LogP contribution is 2.32. The number of halogens is 2. The average Bonchev–Trinajstić information content (AvgIpc) is 2.77. The van der Waals surface area contributed by atoms with Crippen LogP contribution < -0.4 is 5.32 Å². The molecule has 1 N–H and O–H groups in total. The molecule has 1 aromatic carbocycles. The van der Waals surface area contributed by atoms with Crippen LogP contribution in [0.4, 0.5) is 5.69 Å². The van der Waals surface area contributed by atoms with Gasteiger partial charge in [-0.2, -0.15) is 0 Å². The molecule has 6 heteroatoms. The standard InChI is InChI=1S/C12H16ClNO2S.ClH/c1-14-10-3-6-11(7-4-10)17(15,16)12-5-2-9(13)8-12;/h3-4,6-7,9,12,14H,2,5,8H2,1H3;1H. The van der Waals surface area contributed by atoms with Gasteiger partial charge in [-0.05, 0) is 43.5 Å². The lowest BCUT2D eigenvalue weighted by Gasteiger charge is -2.11. The van der Waals surface area contributed by atoms with Gasteiger partial charge in [0.2, 0.25) is 0 Å². The maximum atomic E-state index is 12.3. The van der Waals surface area contributed by atoms with Crippen molar-refractivity contribution in [3.05, 3.63) is 24.3 Å². The molecule has 1 saturated carbocycles. The second kappa shape index (κ2) is 6.13. The Hall–Kier alpha value is -0.450. The van der Waals surface area contributed by atoms with E-state index in [-0.39, 0.29) is 23.0 Å². The molecule has 2 atom stereocenters. The number of anilines is 1. The predicted molar refractivity (Wildman–Crippen MR) is 77.7 cm³/mol. The zero-order valence-corrected chi connectivity index (χ0v) is 12.5. The topological polar surface area (TPSA) is 46.2 Å². The number of hydrogen-bond acceptors (Lipinski definition) is 3. The van der Waals surface area contributed by atoms with E-state index in [1.807, 2.05) is 0 Å². The molecule has 0 spiro atoms. The van der Waals surface area contributed by atoms with Crippen molar-refractivity contribution >= 4 is 39.5 Å². The van der Waals surface area contributed by atoms with E-state index in [9.17, 15) is 8.42 Å². The summed E-state index contributed by atoms with van der Waals surface area (Å²) in [5.41, 5.74) is 0.908. The molecule has 1 aliphatic rings. The van der Waals surface area contributed by atoms with E-state index in [1.165, 1.54) is 0 Å². The van der Waals surface area contributed by atoms with Gasteiger partial charge in [0.25, 0.3) is 0 Å². The van der Waals surface area contributed by atoms with Gasteiger partial charge in [0.15, 0.2) is 9.84 Å². The largest absolute Gasteiger partial charge is 0.388 e. The molecule has 18 heavy (non-hydrogen) atoms. The Morgan fingerprint density at radius 1 is 1.22 bits per heavy atom. The van der Waals surface area contributed by atoms with Gasteiger partial charge >= 0.3 is 0 Å². The van der Waals surface area contributed by atoms with Crippen molar-refractivity contribution in [2.75, 3.05) is 12.4 Å². The van der Waals surface area contributed by atoms with Crippen LogP contribution in [0.5, 0.6) is 0 Å². The monoisotopic (exact) mass is 309 g/mol. The molecule has 0 heterocycles. The molecule has 3 nitrogen and oxygen atoms in total. The molecule has 1 fully saturated rings. The van der Waals surface area contributed by atoms with E-state index in [1.54, 1.807) is 31.3 Å². The van der Waals surface area contributed by atoms with Crippen LogP contribution in [0, 0.1) is 0 Å². The van der Waals surface area contributed by atoms with Crippen molar-refractivity contribution < 1.29 is 8.42 Å². The van der Waals surface area contributed by atoms with Gasteiger partial charge in [0.1, 0.15) is 0 Å². The maximum Gasteiger partial charge on any atom is 0.181 e. The summed E-state index contributed by atoms with van der Waals surface area (Å²) in [6.07, 6.45) is 2.03. The molecule has 0 radical (unpaired) electrons. The van der Waals surface area contributed by atoms with E-state index in [2.05, 4.69) is 5.32 Å². The lowest BCUT2D eigenvalue weighted by atomic mass is 10.3. The fourth-order valence-corrected chi connectivity index (χ4v) is 4.45. The van der Waals surface area contributed by atoms with Crippen LogP contribution in [0.25, 0.3) is 0 Å². The molecule has 2 unspecified atom stereocenters. The fraction of sp³-hybridized carbons (Fsp3) is 0.500. The minimum Gasteiger partial charge on any atom is -0.388 e. The Morgan fingerprint density at radius 3 is 2.28 bits per heavy atom. The zero-order chi connectivity index (χ0) is 12.5. The van der Waals surface area contributed by atoms with Crippen LogP contribution in [0.15, 0.2) is 29.2 Å². The van der Waals surface area contributed by atoms with Crippen LogP contribution >= 0.6 is 24.0 Å². The van der Waals surface area contributed by atoms with Crippen molar-refractivity contribution in [3.63, 3.8) is 0 Å². The van der Waals surface area contributed by atoms with Crippen molar-refractivity contribution in [2.24, 2.45) is 0 Å². The van der Waals surface area contributed by atoms with Crippen molar-refractivity contribution in [1.82, 2.24) is 0 Å². The molecule has 0 aliphatic heterocycles. The third-order valence-corrected chi connectivity index (χ3v) is 5.86. The highest BCUT2D eigenvalue weighted by Gasteiger charge is 2.34. The van der Waals surface area contributed by atoms with E-state index in [0.717, 1.165) is 12.1 Å². The molecule has 0 bridgehead atoms. The van der Waals surface area contributed by atoms with Crippen LogP contribution in [-0.2, 0) is 9.84 Å². The summed E-state index contributed by atoms with van der Waals surface area (Å²) in [6, 6.07) is 6.87. The highest BCUT2D eigenvalue weighted by atomic mass is 35.5. The molecule has 1 aromatic rings. The van der Waals surface area contributed by atoms with Gasteiger partial charge in [-0.15, -0.1) is 24.0 Å². The minimum absolute atomic E-state index is 0. The van der Waals surface area contributed by atoms with Gasteiger partial charge in [-0.25, -0.2) is 8.42 Å². The van der Waals surface area contributed by atoms with Crippen LogP contribution in [0.2, 0.25) is 0 Å². The van der Waals surface area contributed by atoms with E-state index in [4.69, 9.17) is 11.6 Å². The van der Waals surface area contributed by atoms with Gasteiger partial charge < -0.3 is 5.32 Å². The molecular formula is C12H17Cl2NO2S. The first kappa shape index (κ1) is 15.6. The lowest BCUT2D eigenvalue weighted by molar-refractivity contribution is 0.580. The Kier molecular flexibility index (Phi) is 5.32. The summed E-state index contributed by atoms with van der Waals surface area (Å²) in [5.74, 6) is 0. The molecule has 0 aromatic heterocycles. The SMILES string of the molecule is CNc1ccc(S(=O)(=O)C2CCC(Cl)C2)cc1.Cl. The number of benzene rings is 1. The van der Waals surface area contributed by atoms with Crippen molar-refractivity contribution in [3.8, 4) is 0 Å². The molecule has 0 saturated heterocycles. The third kappa shape index (κ3) is 3.11. The highest BCUT2D eigenvalue weighted by molar-refractivity contribution is 7.92. The molecule has 2 rings (SSSR count). The average molecular weight is 310 g/mol. The quantitative estimate of drug-likeness (QED) is 0.873. The van der Waals surface area contributed by atoms with E-state index < -0.39 is 9.84 Å². The Bertz CT molecular complexity index is 487. The molecule has 0 amide bonds. The van der Waals surface area contributed by atoms with Crippen LogP contribution in [0.1, 0.15) is 19.3 Å². The molecule has 1 aliphatic carbocycles. The van der Waals surface area contributed by atoms with Crippen molar-refractivity contribution in [1.29, 1.82) is 0 Å². The third-order valence-electron chi connectivity index (χ3n) is 3.23. The Labute approximate surface area is 119 Å². The smallest absolute Gasteiger partial charge is 0.181 e. The summed E-state index contributed by atoms with van der Waals surface area (Å²) < 4.78 is 24.6. The first-order chi connectivity index (χ1) is 8.04. The fourth-order valence-electron chi connectivity index (χ4n) is 2.17. The first-order valence-electron chi connectivity index (χ1n) is 5.70. The van der Waals surface area contributed by atoms with Crippen molar-refractivity contribution in [2.45, 2.75) is 34.8 Å². The number of hydrogen-bond donors (Lipinski definition) is 1. The molecular weight excluding hydrogens is 293 g/mol. The summed E-state index contributed by atoms with van der Waals surface area (Å²) in [5, 5.41) is 2.66. The van der Waals surface area contributed by atoms with Gasteiger partial charge in [0.05, 0.1) is 10.1 Å². The zero-order valence-electron chi connectivity index (χ0n) is 10.1. The van der Waals surface area contributed by atoms with Gasteiger partial charge in [-0.3, -0.25) is 0 Å². The number of nitrogens with one attached hydrogen (secondary N) is 1. The number of rotatable bonds is 3. The maximum absolute atomic E-state index is 12.3. The lowest BCUT2D eigenvalue weighted by Crippen LogP contribution is -2.18. The number of sulfone groups is 1. The summed E-state index contributed by atoms with van der Waals surface area (Å²) >= 11 is 5.97. The first-order valence-corrected chi connectivity index (χ1v) is 7.68. The van der Waals surface area contributed by atoms with Gasteiger partial charge in [0, 0.05) is 18.1 Å². The van der Waals surface area contributed by atoms with E-state index >= 15 is 0 Å². The minimum atomic E-state index is -3.21. The second-order valence-electron chi connectivity index (χ2n) is 4.35.